The van der Waals surface area contributed by atoms with Crippen molar-refractivity contribution in [3.8, 4) is 0 Å². The minimum atomic E-state index is -0.742. The van der Waals surface area contributed by atoms with Crippen LogP contribution in [0.1, 0.15) is 51.5 Å². The number of hydrogen-bond donors (Lipinski definition) is 1. The van der Waals surface area contributed by atoms with Gasteiger partial charge in [0.15, 0.2) is 0 Å². The maximum Gasteiger partial charge on any atom is 0.404 e. The Morgan fingerprint density at radius 3 is 2.19 bits per heavy atom. The molecule has 0 aliphatic heterocycles. The molecule has 0 saturated heterocycles. The van der Waals surface area contributed by atoms with Crippen molar-refractivity contribution in [1.82, 2.24) is 4.31 Å². The number of nitrogens with two attached hydrogens (primary N) is 1. The number of ether oxygens (including phenoxy) is 1. The van der Waals surface area contributed by atoms with Gasteiger partial charge < -0.3 is 10.5 Å². The smallest absolute Gasteiger partial charge is 0.404 e. The van der Waals surface area contributed by atoms with Crippen LogP contribution in [0.25, 0.3) is 0 Å². The van der Waals surface area contributed by atoms with Crippen molar-refractivity contribution in [3.05, 3.63) is 70.3 Å². The summed E-state index contributed by atoms with van der Waals surface area (Å²) in [6.07, 6.45) is 5.76. The Morgan fingerprint density at radius 1 is 1.10 bits per heavy atom. The summed E-state index contributed by atoms with van der Waals surface area (Å²) in [6, 6.07) is 16.8. The number of amides is 1. The molecule has 2 aromatic carbocycles. The summed E-state index contributed by atoms with van der Waals surface area (Å²) in [4.78, 5) is 21.4. The Balaban J connectivity index is 0.000000317. The largest absolute Gasteiger partial charge is 0.445 e. The number of nitrogens with zero attached hydrogens (tertiary/aromatic N) is 2. The third-order valence-corrected chi connectivity index (χ3v) is 5.68. The third-order valence-electron chi connectivity index (χ3n) is 4.61. The maximum atomic E-state index is 10.6. The van der Waals surface area contributed by atoms with Crippen LogP contribution in [-0.4, -0.2) is 28.4 Å². The molecule has 3 rings (SSSR count). The number of carbonyl (C=O) groups excluding carboxylic acids is 1. The van der Waals surface area contributed by atoms with Crippen molar-refractivity contribution in [2.24, 2.45) is 5.73 Å². The van der Waals surface area contributed by atoms with E-state index in [0.717, 1.165) is 10.5 Å². The molecule has 0 unspecified atom stereocenters. The number of carbonyl (C=O) groups is 1. The average molecular weight is 448 g/mol. The molecule has 2 N–H and O–H groups in total. The summed E-state index contributed by atoms with van der Waals surface area (Å²) in [6.45, 7) is 4.25. The van der Waals surface area contributed by atoms with Crippen molar-refractivity contribution in [3.63, 3.8) is 0 Å². The van der Waals surface area contributed by atoms with E-state index in [1.807, 2.05) is 56.3 Å². The van der Waals surface area contributed by atoms with Crippen LogP contribution in [0.4, 0.5) is 10.5 Å². The number of benzene rings is 2. The summed E-state index contributed by atoms with van der Waals surface area (Å²) in [5.41, 5.74) is 5.87. The quantitative estimate of drug-likeness (QED) is 0.323. The lowest BCUT2D eigenvalue weighted by Crippen LogP contribution is -2.27. The fraction of sp³-hybridized carbons (Fsp3) is 0.435. The van der Waals surface area contributed by atoms with E-state index in [0.29, 0.717) is 6.04 Å². The molecule has 1 saturated carbocycles. The summed E-state index contributed by atoms with van der Waals surface area (Å²) in [7, 11) is 2.11. The topological polar surface area (TPSA) is 98.7 Å². The number of primary amides is 1. The van der Waals surface area contributed by atoms with Crippen LogP contribution in [0.3, 0.4) is 0 Å². The Bertz CT molecular complexity index is 766. The second-order valence-corrected chi connectivity index (χ2v) is 8.00. The van der Waals surface area contributed by atoms with E-state index in [1.54, 1.807) is 24.1 Å². The molecule has 170 valence electrons. The van der Waals surface area contributed by atoms with Gasteiger partial charge in [0, 0.05) is 23.1 Å². The van der Waals surface area contributed by atoms with Gasteiger partial charge in [-0.3, -0.25) is 10.1 Å². The van der Waals surface area contributed by atoms with Crippen LogP contribution >= 0.6 is 11.9 Å². The molecule has 0 radical (unpaired) electrons. The Kier molecular flexibility index (Phi) is 13.0. The van der Waals surface area contributed by atoms with Crippen LogP contribution in [0.5, 0.6) is 0 Å². The molecular weight excluding hydrogens is 414 g/mol. The fourth-order valence-electron chi connectivity index (χ4n) is 3.04. The van der Waals surface area contributed by atoms with Gasteiger partial charge in [0.1, 0.15) is 6.61 Å². The first kappa shape index (κ1) is 26.5. The van der Waals surface area contributed by atoms with E-state index < -0.39 is 6.09 Å². The molecule has 1 fully saturated rings. The fourth-order valence-corrected chi connectivity index (χ4v) is 3.99. The number of rotatable bonds is 6. The first-order chi connectivity index (χ1) is 15.0. The van der Waals surface area contributed by atoms with Crippen molar-refractivity contribution in [2.75, 3.05) is 7.05 Å². The van der Waals surface area contributed by atoms with Gasteiger partial charge in [0.25, 0.3) is 5.69 Å². The van der Waals surface area contributed by atoms with E-state index in [4.69, 9.17) is 5.73 Å². The van der Waals surface area contributed by atoms with Gasteiger partial charge in [-0.1, -0.05) is 63.4 Å². The Morgan fingerprint density at radius 2 is 1.68 bits per heavy atom. The van der Waals surface area contributed by atoms with Crippen LogP contribution in [0.15, 0.2) is 59.5 Å². The van der Waals surface area contributed by atoms with Crippen LogP contribution in [-0.2, 0) is 11.3 Å². The number of hydrogen-bond acceptors (Lipinski definition) is 6. The summed E-state index contributed by atoms with van der Waals surface area (Å²) >= 11 is 1.68. The predicted molar refractivity (Wildman–Crippen MR) is 126 cm³/mol. The van der Waals surface area contributed by atoms with Crippen LogP contribution < -0.4 is 5.73 Å². The van der Waals surface area contributed by atoms with Gasteiger partial charge in [-0.2, -0.15) is 0 Å². The van der Waals surface area contributed by atoms with Crippen molar-refractivity contribution < 1.29 is 14.5 Å². The molecule has 1 aliphatic rings. The second kappa shape index (κ2) is 15.3. The van der Waals surface area contributed by atoms with Gasteiger partial charge in [-0.15, -0.1) is 0 Å². The highest BCUT2D eigenvalue weighted by Crippen LogP contribution is 2.30. The molecule has 7 nitrogen and oxygen atoms in total. The SMILES string of the molecule is CC.CN(Sc1ccc([N+](=O)[O-])cc1)C1CCCCC1.NC(=O)OCc1ccccc1. The molecule has 1 amide bonds. The zero-order valence-corrected chi connectivity index (χ0v) is 19.3. The van der Waals surface area contributed by atoms with Crippen molar-refractivity contribution in [2.45, 2.75) is 63.5 Å². The lowest BCUT2D eigenvalue weighted by molar-refractivity contribution is -0.384. The van der Waals surface area contributed by atoms with Gasteiger partial charge in [0.05, 0.1) is 4.92 Å². The lowest BCUT2D eigenvalue weighted by atomic mass is 9.96. The van der Waals surface area contributed by atoms with E-state index in [9.17, 15) is 14.9 Å². The van der Waals surface area contributed by atoms with Gasteiger partial charge in [-0.25, -0.2) is 9.10 Å². The maximum absolute atomic E-state index is 10.6. The van der Waals surface area contributed by atoms with Crippen molar-refractivity contribution >= 4 is 23.7 Å². The molecule has 31 heavy (non-hydrogen) atoms. The predicted octanol–water partition coefficient (Wildman–Crippen LogP) is 6.17. The Labute approximate surface area is 189 Å². The molecule has 0 bridgehead atoms. The van der Waals surface area contributed by atoms with E-state index in [1.165, 1.54) is 32.1 Å². The van der Waals surface area contributed by atoms with Crippen LogP contribution in [0.2, 0.25) is 0 Å². The molecule has 1 aliphatic carbocycles. The standard InChI is InChI=1S/C13H18N2O2S.C8H9NO2.C2H6/c1-14(11-5-3-2-4-6-11)18-13-9-7-12(8-10-13)15(16)17;9-8(10)11-6-7-4-2-1-3-5-7;1-2/h7-11H,2-6H2,1H3;1-5H,6H2,(H2,9,10);1-2H3. The molecule has 2 aromatic rings. The second-order valence-electron chi connectivity index (χ2n) is 6.77. The minimum absolute atomic E-state index is 0.152. The van der Waals surface area contributed by atoms with Gasteiger partial charge in [0.2, 0.25) is 0 Å². The number of nitro benzene ring substituents is 1. The molecule has 0 spiro atoms. The first-order valence-corrected chi connectivity index (χ1v) is 11.3. The monoisotopic (exact) mass is 447 g/mol. The highest BCUT2D eigenvalue weighted by atomic mass is 32.2. The van der Waals surface area contributed by atoms with Gasteiger partial charge >= 0.3 is 6.09 Å². The number of nitro groups is 1. The molecule has 0 heterocycles. The molecule has 8 heteroatoms. The normalized spacial score (nSPS) is 13.3. The van der Waals surface area contributed by atoms with Crippen LogP contribution in [0, 0.1) is 10.1 Å². The van der Waals surface area contributed by atoms with E-state index >= 15 is 0 Å². The summed E-state index contributed by atoms with van der Waals surface area (Å²) in [5.74, 6) is 0. The van der Waals surface area contributed by atoms with Crippen molar-refractivity contribution in [1.29, 1.82) is 0 Å². The first-order valence-electron chi connectivity index (χ1n) is 10.6. The summed E-state index contributed by atoms with van der Waals surface area (Å²) < 4.78 is 6.86. The molecule has 0 aromatic heterocycles. The highest BCUT2D eigenvalue weighted by molar-refractivity contribution is 7.97. The van der Waals surface area contributed by atoms with E-state index in [-0.39, 0.29) is 17.2 Å². The summed E-state index contributed by atoms with van der Waals surface area (Å²) in [5, 5.41) is 10.6. The van der Waals surface area contributed by atoms with E-state index in [2.05, 4.69) is 16.1 Å². The zero-order valence-electron chi connectivity index (χ0n) is 18.5. The lowest BCUT2D eigenvalue weighted by Gasteiger charge is -2.29. The third kappa shape index (κ3) is 10.8. The molecule has 0 atom stereocenters. The highest BCUT2D eigenvalue weighted by Gasteiger charge is 2.18. The zero-order chi connectivity index (χ0) is 23.1. The molecular formula is C23H33N3O4S. The average Bonchev–Trinajstić information content (AvgIpc) is 2.81. The van der Waals surface area contributed by atoms with Gasteiger partial charge in [-0.05, 0) is 49.5 Å². The Hall–Kier alpha value is -2.58. The number of non-ortho nitro benzene ring substituents is 1. The minimum Gasteiger partial charge on any atom is -0.445 e.